The van der Waals surface area contributed by atoms with Crippen LogP contribution < -0.4 is 0 Å². The summed E-state index contributed by atoms with van der Waals surface area (Å²) in [5.74, 6) is -8.28. The molecule has 0 fully saturated rings. The van der Waals surface area contributed by atoms with Crippen LogP contribution in [0.5, 0.6) is 0 Å². The molecule has 0 aliphatic carbocycles. The maximum atomic E-state index is 14.6. The van der Waals surface area contributed by atoms with Gasteiger partial charge in [-0.2, -0.15) is 26.3 Å². The predicted octanol–water partition coefficient (Wildman–Crippen LogP) is 6.25. The van der Waals surface area contributed by atoms with Crippen molar-refractivity contribution in [3.05, 3.63) is 122 Å². The van der Waals surface area contributed by atoms with Crippen LogP contribution in [0.3, 0.4) is 0 Å². The standard InChI is InChI=1S/C35H30F6N4O6/c36-34(37,38)30-28(32(46)50-14-12-43-17-22-6-1-2-7-23(22)18-43)27(21-10-5-11-26(16-21)45(48)49)29(31(42-30)35(39,40)41)33(47)51-15-13-44-19-24-8-3-4-9-25(24)20-44/h1-11,16,27-28H,12-15,17-20H2. The molecule has 268 valence electrons. The lowest BCUT2D eigenvalue weighted by Gasteiger charge is -2.34. The molecule has 0 N–H and O–H groups in total. The molecule has 3 aromatic rings. The topological polar surface area (TPSA) is 115 Å². The van der Waals surface area contributed by atoms with Gasteiger partial charge in [-0.25, -0.2) is 9.79 Å². The van der Waals surface area contributed by atoms with Gasteiger partial charge >= 0.3 is 24.3 Å². The quantitative estimate of drug-likeness (QED) is 0.105. The molecule has 0 spiro atoms. The number of carbonyl (C=O) groups is 2. The highest BCUT2D eigenvalue weighted by atomic mass is 19.4. The first-order valence-electron chi connectivity index (χ1n) is 15.8. The van der Waals surface area contributed by atoms with Gasteiger partial charge in [0.1, 0.15) is 24.8 Å². The highest BCUT2D eigenvalue weighted by Crippen LogP contribution is 2.48. The zero-order valence-corrected chi connectivity index (χ0v) is 26.7. The predicted molar refractivity (Wildman–Crippen MR) is 169 cm³/mol. The molecule has 2 atom stereocenters. The molecule has 2 unspecified atom stereocenters. The first-order valence-corrected chi connectivity index (χ1v) is 15.8. The third-order valence-electron chi connectivity index (χ3n) is 9.00. The van der Waals surface area contributed by atoms with Gasteiger partial charge in [0.15, 0.2) is 5.70 Å². The molecule has 0 saturated carbocycles. The van der Waals surface area contributed by atoms with Crippen LogP contribution in [0.25, 0.3) is 0 Å². The fraction of sp³-hybridized carbons (Fsp3) is 0.343. The lowest BCUT2D eigenvalue weighted by Crippen LogP contribution is -2.45. The second-order valence-electron chi connectivity index (χ2n) is 12.3. The van der Waals surface area contributed by atoms with Gasteiger partial charge in [0.2, 0.25) is 0 Å². The maximum Gasteiger partial charge on any atom is 0.433 e. The Labute approximate surface area is 287 Å². The fourth-order valence-corrected chi connectivity index (χ4v) is 6.67. The first kappa shape index (κ1) is 35.7. The summed E-state index contributed by atoms with van der Waals surface area (Å²) in [4.78, 5) is 44.6. The Morgan fingerprint density at radius 1 is 0.765 bits per heavy atom. The van der Waals surface area contributed by atoms with E-state index in [1.807, 2.05) is 58.3 Å². The van der Waals surface area contributed by atoms with E-state index < -0.39 is 82.5 Å². The zero-order chi connectivity index (χ0) is 36.5. The van der Waals surface area contributed by atoms with E-state index in [2.05, 4.69) is 4.99 Å². The van der Waals surface area contributed by atoms with E-state index in [-0.39, 0.29) is 13.1 Å². The summed E-state index contributed by atoms with van der Waals surface area (Å²) in [5.41, 5.74) is -2.97. The van der Waals surface area contributed by atoms with Crippen LogP contribution >= 0.6 is 0 Å². The van der Waals surface area contributed by atoms with Crippen molar-refractivity contribution in [1.29, 1.82) is 0 Å². The highest BCUT2D eigenvalue weighted by molar-refractivity contribution is 6.10. The van der Waals surface area contributed by atoms with Crippen molar-refractivity contribution in [2.75, 3.05) is 26.3 Å². The van der Waals surface area contributed by atoms with Crippen molar-refractivity contribution >= 4 is 23.3 Å². The van der Waals surface area contributed by atoms with Crippen molar-refractivity contribution in [3.8, 4) is 0 Å². The minimum absolute atomic E-state index is 0.0689. The number of hydrogen-bond donors (Lipinski definition) is 0. The number of aliphatic imine (C=N–C) groups is 1. The maximum absolute atomic E-state index is 14.6. The Morgan fingerprint density at radius 3 is 1.75 bits per heavy atom. The molecule has 3 heterocycles. The summed E-state index contributed by atoms with van der Waals surface area (Å²) in [6.45, 7) is 1.13. The molecule has 3 aromatic carbocycles. The summed E-state index contributed by atoms with van der Waals surface area (Å²) in [7, 11) is 0. The zero-order valence-electron chi connectivity index (χ0n) is 26.7. The Hall–Kier alpha value is -5.09. The van der Waals surface area contributed by atoms with E-state index in [4.69, 9.17) is 9.47 Å². The molecular formula is C35H30F6N4O6. The number of nitro groups is 1. The van der Waals surface area contributed by atoms with Crippen molar-refractivity contribution < 1.29 is 50.3 Å². The lowest BCUT2D eigenvalue weighted by atomic mass is 9.74. The Morgan fingerprint density at radius 2 is 1.27 bits per heavy atom. The first-order chi connectivity index (χ1) is 24.2. The molecule has 3 aliphatic rings. The Balaban J connectivity index is 1.32. The second kappa shape index (κ2) is 14.3. The van der Waals surface area contributed by atoms with E-state index in [1.54, 1.807) is 0 Å². The van der Waals surface area contributed by atoms with E-state index in [0.29, 0.717) is 32.2 Å². The molecule has 16 heteroatoms. The van der Waals surface area contributed by atoms with E-state index >= 15 is 0 Å². The number of fused-ring (bicyclic) bond motifs is 2. The lowest BCUT2D eigenvalue weighted by molar-refractivity contribution is -0.384. The number of rotatable bonds is 10. The number of esters is 2. The van der Waals surface area contributed by atoms with Gasteiger partial charge in [0, 0.05) is 57.3 Å². The summed E-state index contributed by atoms with van der Waals surface area (Å²) < 4.78 is 97.9. The van der Waals surface area contributed by atoms with Crippen LogP contribution in [-0.2, 0) is 45.2 Å². The van der Waals surface area contributed by atoms with Crippen molar-refractivity contribution in [2.24, 2.45) is 10.9 Å². The number of ether oxygens (including phenoxy) is 2. The van der Waals surface area contributed by atoms with Crippen LogP contribution in [0.15, 0.2) is 89.1 Å². The number of carbonyl (C=O) groups excluding carboxylic acids is 2. The number of non-ortho nitro benzene ring substituents is 1. The summed E-state index contributed by atoms with van der Waals surface area (Å²) in [6, 6.07) is 18.7. The smallest absolute Gasteiger partial charge is 0.433 e. The third kappa shape index (κ3) is 7.81. The average molecular weight is 717 g/mol. The number of nitrogens with zero attached hydrogens (tertiary/aromatic N) is 4. The summed E-state index contributed by atoms with van der Waals surface area (Å²) in [6.07, 6.45) is -11.2. The normalized spacial score (nSPS) is 19.4. The van der Waals surface area contributed by atoms with Gasteiger partial charge in [-0.1, -0.05) is 60.7 Å². The van der Waals surface area contributed by atoms with E-state index in [1.165, 1.54) is 0 Å². The van der Waals surface area contributed by atoms with Gasteiger partial charge < -0.3 is 9.47 Å². The third-order valence-corrected chi connectivity index (χ3v) is 9.00. The minimum Gasteiger partial charge on any atom is -0.464 e. The molecule has 51 heavy (non-hydrogen) atoms. The van der Waals surface area contributed by atoms with Crippen LogP contribution in [0.2, 0.25) is 0 Å². The number of nitro benzene ring substituents is 1. The molecule has 0 saturated heterocycles. The summed E-state index contributed by atoms with van der Waals surface area (Å²) >= 11 is 0. The van der Waals surface area contributed by atoms with Crippen LogP contribution in [0, 0.1) is 16.0 Å². The number of hydrogen-bond acceptors (Lipinski definition) is 9. The van der Waals surface area contributed by atoms with Crippen LogP contribution in [-0.4, -0.2) is 71.0 Å². The molecule has 0 radical (unpaired) electrons. The molecule has 0 amide bonds. The molecule has 0 bridgehead atoms. The van der Waals surface area contributed by atoms with Crippen molar-refractivity contribution in [2.45, 2.75) is 44.4 Å². The van der Waals surface area contributed by atoms with Crippen LogP contribution in [0.4, 0.5) is 32.0 Å². The van der Waals surface area contributed by atoms with Crippen molar-refractivity contribution in [1.82, 2.24) is 9.80 Å². The second-order valence-corrected chi connectivity index (χ2v) is 12.3. The molecule has 3 aliphatic heterocycles. The number of halogens is 6. The monoisotopic (exact) mass is 716 g/mol. The fourth-order valence-electron chi connectivity index (χ4n) is 6.67. The number of alkyl halides is 6. The molecule has 0 aromatic heterocycles. The van der Waals surface area contributed by atoms with Gasteiger partial charge in [0.05, 0.1) is 10.5 Å². The van der Waals surface area contributed by atoms with Gasteiger partial charge in [-0.05, 0) is 27.8 Å². The minimum atomic E-state index is -5.62. The summed E-state index contributed by atoms with van der Waals surface area (Å²) in [5, 5.41) is 11.6. The highest BCUT2D eigenvalue weighted by Gasteiger charge is 2.57. The van der Waals surface area contributed by atoms with Gasteiger partial charge in [-0.3, -0.25) is 24.7 Å². The van der Waals surface area contributed by atoms with Gasteiger partial charge in [0.25, 0.3) is 5.69 Å². The molecule has 6 rings (SSSR count). The SMILES string of the molecule is O=C(OCCN1Cc2ccccc2C1)C1=C(C(F)(F)F)N=C(C(F)(F)F)C(C(=O)OCCN2Cc3ccccc3C2)C1c1cccc([N+](=O)[O-])c1. The van der Waals surface area contributed by atoms with E-state index in [9.17, 15) is 46.0 Å². The van der Waals surface area contributed by atoms with E-state index in [0.717, 1.165) is 40.5 Å². The van der Waals surface area contributed by atoms with Gasteiger partial charge in [-0.15, -0.1) is 0 Å². The van der Waals surface area contributed by atoms with Crippen molar-refractivity contribution in [3.63, 3.8) is 0 Å². The largest absolute Gasteiger partial charge is 0.464 e. The number of benzene rings is 3. The van der Waals surface area contributed by atoms with Crippen LogP contribution in [0.1, 0.15) is 33.7 Å². The number of allylic oxidation sites excluding steroid dienone is 1. The Kier molecular flexibility index (Phi) is 9.99. The molecule has 10 nitrogen and oxygen atoms in total. The Bertz CT molecular complexity index is 1860. The average Bonchev–Trinajstić information content (AvgIpc) is 3.70. The molecular weight excluding hydrogens is 686 g/mol.